The van der Waals surface area contributed by atoms with E-state index in [0.717, 1.165) is 31.5 Å². The van der Waals surface area contributed by atoms with Crippen LogP contribution < -0.4 is 5.32 Å². The van der Waals surface area contributed by atoms with Crippen LogP contribution >= 0.6 is 0 Å². The molecule has 1 saturated heterocycles. The number of likely N-dealkylation sites (tertiary alicyclic amines) is 1. The Balaban J connectivity index is 1.61. The second-order valence-corrected chi connectivity index (χ2v) is 7.68. The summed E-state index contributed by atoms with van der Waals surface area (Å²) in [5.41, 5.74) is 2.47. The van der Waals surface area contributed by atoms with Crippen LogP contribution in [0.15, 0.2) is 36.9 Å². The third-order valence-corrected chi connectivity index (χ3v) is 5.12. The SMILES string of the molecule is C[C@@H]1C[C@H](C)CN(Cc2ccccc2CNC(=O)[C@@H](C)n2cncn2)C1. The second-order valence-electron chi connectivity index (χ2n) is 7.68. The monoisotopic (exact) mass is 355 g/mol. The van der Waals surface area contributed by atoms with Crippen molar-refractivity contribution in [3.63, 3.8) is 0 Å². The van der Waals surface area contributed by atoms with E-state index in [2.05, 4.69) is 52.3 Å². The third kappa shape index (κ3) is 4.69. The number of piperidine rings is 1. The average Bonchev–Trinajstić information content (AvgIpc) is 3.13. The van der Waals surface area contributed by atoms with Gasteiger partial charge < -0.3 is 5.32 Å². The molecule has 2 heterocycles. The fraction of sp³-hybridized carbons (Fsp3) is 0.550. The predicted molar refractivity (Wildman–Crippen MR) is 101 cm³/mol. The highest BCUT2D eigenvalue weighted by atomic mass is 16.2. The van der Waals surface area contributed by atoms with Gasteiger partial charge in [0.1, 0.15) is 18.7 Å². The number of hydrogen-bond acceptors (Lipinski definition) is 4. The molecule has 1 N–H and O–H groups in total. The van der Waals surface area contributed by atoms with Crippen LogP contribution in [0.25, 0.3) is 0 Å². The van der Waals surface area contributed by atoms with Crippen LogP contribution in [0, 0.1) is 11.8 Å². The summed E-state index contributed by atoms with van der Waals surface area (Å²) in [6.45, 7) is 10.3. The Kier molecular flexibility index (Phi) is 6.04. The molecule has 6 heteroatoms. The predicted octanol–water partition coefficient (Wildman–Crippen LogP) is 2.63. The Morgan fingerprint density at radius 2 is 1.92 bits per heavy atom. The lowest BCUT2D eigenvalue weighted by Crippen LogP contribution is -2.38. The van der Waals surface area contributed by atoms with Crippen LogP contribution in [0.4, 0.5) is 0 Å². The van der Waals surface area contributed by atoms with E-state index in [1.165, 1.54) is 23.9 Å². The molecule has 2 aromatic rings. The summed E-state index contributed by atoms with van der Waals surface area (Å²) in [5, 5.41) is 7.08. The van der Waals surface area contributed by atoms with E-state index in [9.17, 15) is 4.79 Å². The van der Waals surface area contributed by atoms with E-state index in [1.54, 1.807) is 11.0 Å². The lowest BCUT2D eigenvalue weighted by molar-refractivity contribution is -0.124. The van der Waals surface area contributed by atoms with Gasteiger partial charge in [-0.3, -0.25) is 9.69 Å². The van der Waals surface area contributed by atoms with E-state index in [0.29, 0.717) is 6.54 Å². The fourth-order valence-corrected chi connectivity index (χ4v) is 3.91. The zero-order valence-electron chi connectivity index (χ0n) is 15.9. The maximum Gasteiger partial charge on any atom is 0.244 e. The lowest BCUT2D eigenvalue weighted by Gasteiger charge is -2.35. The van der Waals surface area contributed by atoms with Crippen molar-refractivity contribution in [2.45, 2.75) is 46.3 Å². The summed E-state index contributed by atoms with van der Waals surface area (Å²) in [4.78, 5) is 18.8. The molecule has 140 valence electrons. The smallest absolute Gasteiger partial charge is 0.244 e. The van der Waals surface area contributed by atoms with Crippen molar-refractivity contribution in [1.29, 1.82) is 0 Å². The first-order valence-corrected chi connectivity index (χ1v) is 9.44. The minimum atomic E-state index is -0.367. The number of benzene rings is 1. The third-order valence-electron chi connectivity index (χ3n) is 5.12. The van der Waals surface area contributed by atoms with Crippen LogP contribution in [0.5, 0.6) is 0 Å². The van der Waals surface area contributed by atoms with Crippen molar-refractivity contribution in [3.05, 3.63) is 48.0 Å². The van der Waals surface area contributed by atoms with Gasteiger partial charge >= 0.3 is 0 Å². The number of hydrogen-bond donors (Lipinski definition) is 1. The van der Waals surface area contributed by atoms with Crippen LogP contribution in [0.3, 0.4) is 0 Å². The Bertz CT molecular complexity index is 705. The Morgan fingerprint density at radius 3 is 2.58 bits per heavy atom. The zero-order valence-corrected chi connectivity index (χ0v) is 15.9. The average molecular weight is 355 g/mol. The molecule has 1 aromatic carbocycles. The fourth-order valence-electron chi connectivity index (χ4n) is 3.91. The molecule has 0 aliphatic carbocycles. The molecule has 3 atom stereocenters. The van der Waals surface area contributed by atoms with Crippen LogP contribution in [-0.2, 0) is 17.9 Å². The molecule has 0 radical (unpaired) electrons. The topological polar surface area (TPSA) is 63.1 Å². The maximum absolute atomic E-state index is 12.4. The van der Waals surface area contributed by atoms with Gasteiger partial charge in [-0.15, -0.1) is 0 Å². The highest BCUT2D eigenvalue weighted by Gasteiger charge is 2.22. The number of amides is 1. The molecule has 1 aliphatic heterocycles. The molecule has 1 aliphatic rings. The molecule has 0 saturated carbocycles. The minimum absolute atomic E-state index is 0.0504. The molecule has 1 amide bonds. The van der Waals surface area contributed by atoms with E-state index < -0.39 is 0 Å². The quantitative estimate of drug-likeness (QED) is 0.865. The van der Waals surface area contributed by atoms with Crippen LogP contribution in [-0.4, -0.2) is 38.7 Å². The number of carbonyl (C=O) groups excluding carboxylic acids is 1. The van der Waals surface area contributed by atoms with Gasteiger partial charge in [0, 0.05) is 26.2 Å². The van der Waals surface area contributed by atoms with Crippen LogP contribution in [0.1, 0.15) is 44.4 Å². The van der Waals surface area contributed by atoms with Gasteiger partial charge in [0.15, 0.2) is 0 Å². The Hall–Kier alpha value is -2.21. The van der Waals surface area contributed by atoms with Gasteiger partial charge in [-0.1, -0.05) is 38.1 Å². The number of aromatic nitrogens is 3. The highest BCUT2D eigenvalue weighted by Crippen LogP contribution is 2.23. The van der Waals surface area contributed by atoms with E-state index >= 15 is 0 Å². The summed E-state index contributed by atoms with van der Waals surface area (Å²) < 4.78 is 1.57. The molecule has 26 heavy (non-hydrogen) atoms. The molecule has 1 fully saturated rings. The first kappa shape index (κ1) is 18.6. The Labute approximate surface area is 155 Å². The highest BCUT2D eigenvalue weighted by molar-refractivity contribution is 5.79. The lowest BCUT2D eigenvalue weighted by atomic mass is 9.91. The summed E-state index contributed by atoms with van der Waals surface area (Å²) in [6.07, 6.45) is 4.32. The largest absolute Gasteiger partial charge is 0.350 e. The van der Waals surface area contributed by atoms with Crippen LogP contribution in [0.2, 0.25) is 0 Å². The van der Waals surface area contributed by atoms with Gasteiger partial charge in [-0.25, -0.2) is 9.67 Å². The summed E-state index contributed by atoms with van der Waals surface area (Å²) >= 11 is 0. The molecule has 0 unspecified atom stereocenters. The van der Waals surface area contributed by atoms with Crippen molar-refractivity contribution in [2.24, 2.45) is 11.8 Å². The number of nitrogens with one attached hydrogen (secondary N) is 1. The van der Waals surface area contributed by atoms with E-state index in [1.807, 2.05) is 13.0 Å². The van der Waals surface area contributed by atoms with Gasteiger partial charge in [0.2, 0.25) is 5.91 Å². The van der Waals surface area contributed by atoms with Gasteiger partial charge in [-0.2, -0.15) is 5.10 Å². The first-order valence-electron chi connectivity index (χ1n) is 9.44. The Morgan fingerprint density at radius 1 is 1.23 bits per heavy atom. The van der Waals surface area contributed by atoms with Crippen molar-refractivity contribution >= 4 is 5.91 Å². The molecule has 3 rings (SSSR count). The van der Waals surface area contributed by atoms with Crippen molar-refractivity contribution in [2.75, 3.05) is 13.1 Å². The molecule has 0 bridgehead atoms. The number of carbonyl (C=O) groups is 1. The first-order chi connectivity index (χ1) is 12.5. The molecular weight excluding hydrogens is 326 g/mol. The van der Waals surface area contributed by atoms with Crippen molar-refractivity contribution in [3.8, 4) is 0 Å². The molecule has 0 spiro atoms. The van der Waals surface area contributed by atoms with E-state index in [-0.39, 0.29) is 11.9 Å². The standard InChI is InChI=1S/C20H29N5O/c1-15-8-16(2)11-24(10-15)12-19-7-5-4-6-18(19)9-22-20(26)17(3)25-14-21-13-23-25/h4-7,13-17H,8-12H2,1-3H3,(H,22,26)/t15-,16+,17-/m1/s1. The minimum Gasteiger partial charge on any atom is -0.350 e. The van der Waals surface area contributed by atoms with E-state index in [4.69, 9.17) is 0 Å². The van der Waals surface area contributed by atoms with Gasteiger partial charge in [-0.05, 0) is 36.3 Å². The summed E-state index contributed by atoms with van der Waals surface area (Å²) in [5.74, 6) is 1.44. The number of rotatable bonds is 6. The molecule has 1 aromatic heterocycles. The molecule has 6 nitrogen and oxygen atoms in total. The second kappa shape index (κ2) is 8.45. The zero-order chi connectivity index (χ0) is 18.5. The molecular formula is C20H29N5O. The maximum atomic E-state index is 12.4. The summed E-state index contributed by atoms with van der Waals surface area (Å²) in [6, 6.07) is 8.02. The van der Waals surface area contributed by atoms with Gasteiger partial charge in [0.05, 0.1) is 0 Å². The van der Waals surface area contributed by atoms with Crippen molar-refractivity contribution < 1.29 is 4.79 Å². The number of nitrogens with zero attached hydrogens (tertiary/aromatic N) is 4. The van der Waals surface area contributed by atoms with Crippen molar-refractivity contribution in [1.82, 2.24) is 25.0 Å². The van der Waals surface area contributed by atoms with Gasteiger partial charge in [0.25, 0.3) is 0 Å². The summed E-state index contributed by atoms with van der Waals surface area (Å²) in [7, 11) is 0. The normalized spacial score (nSPS) is 22.1.